The number of amides is 1. The van der Waals surface area contributed by atoms with Crippen molar-refractivity contribution in [2.24, 2.45) is 0 Å². The highest BCUT2D eigenvalue weighted by atomic mass is 79.9. The van der Waals surface area contributed by atoms with Crippen LogP contribution in [0, 0.1) is 6.92 Å². The van der Waals surface area contributed by atoms with Crippen molar-refractivity contribution < 1.29 is 14.3 Å². The quantitative estimate of drug-likeness (QED) is 0.893. The highest BCUT2D eigenvalue weighted by Gasteiger charge is 2.13. The van der Waals surface area contributed by atoms with Gasteiger partial charge in [0.05, 0.1) is 0 Å². The lowest BCUT2D eigenvalue weighted by Crippen LogP contribution is -2.12. The van der Waals surface area contributed by atoms with Crippen molar-refractivity contribution >= 4 is 27.5 Å². The van der Waals surface area contributed by atoms with Crippen molar-refractivity contribution in [2.75, 3.05) is 12.1 Å². The van der Waals surface area contributed by atoms with Crippen LogP contribution in [0.25, 0.3) is 0 Å². The zero-order valence-electron chi connectivity index (χ0n) is 12.2. The fraction of sp³-hybridized carbons (Fsp3) is 0.235. The molecule has 4 nitrogen and oxygen atoms in total. The summed E-state index contributed by atoms with van der Waals surface area (Å²) >= 11 is 3.45. The summed E-state index contributed by atoms with van der Waals surface area (Å²) in [5.41, 5.74) is 2.97. The van der Waals surface area contributed by atoms with Crippen molar-refractivity contribution in [3.8, 4) is 11.5 Å². The highest BCUT2D eigenvalue weighted by molar-refractivity contribution is 9.10. The molecule has 2 aromatic rings. The Kier molecular flexibility index (Phi) is 4.34. The Labute approximate surface area is 137 Å². The minimum Gasteiger partial charge on any atom is -0.454 e. The van der Waals surface area contributed by atoms with Gasteiger partial charge in [0, 0.05) is 16.6 Å². The van der Waals surface area contributed by atoms with E-state index in [1.54, 1.807) is 0 Å². The van der Waals surface area contributed by atoms with Crippen LogP contribution in [0.15, 0.2) is 40.9 Å². The van der Waals surface area contributed by atoms with Crippen LogP contribution in [0.5, 0.6) is 11.5 Å². The normalized spacial score (nSPS) is 12.3. The number of fused-ring (bicyclic) bond motifs is 1. The van der Waals surface area contributed by atoms with Crippen molar-refractivity contribution in [1.29, 1.82) is 0 Å². The Morgan fingerprint density at radius 2 is 2.00 bits per heavy atom. The summed E-state index contributed by atoms with van der Waals surface area (Å²) < 4.78 is 11.6. The standard InChI is InChI=1S/C17H16BrNO3/c1-11-8-13(4-5-14(11)18)19-17(20)7-3-12-2-6-15-16(9-12)22-10-21-15/h2,4-6,8-9H,3,7,10H2,1H3,(H,19,20). The molecule has 0 saturated heterocycles. The lowest BCUT2D eigenvalue weighted by atomic mass is 10.1. The summed E-state index contributed by atoms with van der Waals surface area (Å²) in [6.07, 6.45) is 1.09. The molecule has 0 spiro atoms. The highest BCUT2D eigenvalue weighted by Crippen LogP contribution is 2.32. The van der Waals surface area contributed by atoms with Crippen LogP contribution in [-0.2, 0) is 11.2 Å². The molecular weight excluding hydrogens is 346 g/mol. The van der Waals surface area contributed by atoms with Crippen LogP contribution >= 0.6 is 15.9 Å². The van der Waals surface area contributed by atoms with Gasteiger partial charge in [-0.1, -0.05) is 22.0 Å². The summed E-state index contributed by atoms with van der Waals surface area (Å²) in [5.74, 6) is 1.51. The van der Waals surface area contributed by atoms with Crippen molar-refractivity contribution in [1.82, 2.24) is 0 Å². The molecule has 0 saturated carbocycles. The fourth-order valence-electron chi connectivity index (χ4n) is 2.30. The Balaban J connectivity index is 1.57. The molecule has 1 aliphatic heterocycles. The van der Waals surface area contributed by atoms with Gasteiger partial charge in [0.15, 0.2) is 11.5 Å². The van der Waals surface area contributed by atoms with E-state index in [0.717, 1.165) is 32.8 Å². The van der Waals surface area contributed by atoms with Crippen molar-refractivity contribution in [3.05, 3.63) is 52.0 Å². The van der Waals surface area contributed by atoms with Crippen LogP contribution in [0.3, 0.4) is 0 Å². The molecule has 114 valence electrons. The molecular formula is C17H16BrNO3. The van der Waals surface area contributed by atoms with E-state index in [1.165, 1.54) is 0 Å². The van der Waals surface area contributed by atoms with E-state index in [4.69, 9.17) is 9.47 Å². The number of nitrogens with one attached hydrogen (secondary N) is 1. The third-order valence-corrected chi connectivity index (χ3v) is 4.41. The Morgan fingerprint density at radius 1 is 1.18 bits per heavy atom. The van der Waals surface area contributed by atoms with Gasteiger partial charge >= 0.3 is 0 Å². The van der Waals surface area contributed by atoms with Crippen LogP contribution in [0.1, 0.15) is 17.5 Å². The van der Waals surface area contributed by atoms with Gasteiger partial charge in [-0.05, 0) is 54.8 Å². The van der Waals surface area contributed by atoms with Gasteiger partial charge in [-0.2, -0.15) is 0 Å². The van der Waals surface area contributed by atoms with E-state index >= 15 is 0 Å². The number of ether oxygens (including phenoxy) is 2. The number of anilines is 1. The molecule has 1 heterocycles. The lowest BCUT2D eigenvalue weighted by Gasteiger charge is -2.07. The van der Waals surface area contributed by atoms with E-state index in [1.807, 2.05) is 43.3 Å². The second kappa shape index (κ2) is 6.40. The number of halogens is 1. The first kappa shape index (κ1) is 14.9. The van der Waals surface area contributed by atoms with Crippen LogP contribution in [-0.4, -0.2) is 12.7 Å². The van der Waals surface area contributed by atoms with Gasteiger partial charge in [0.25, 0.3) is 0 Å². The molecule has 22 heavy (non-hydrogen) atoms. The summed E-state index contributed by atoms with van der Waals surface area (Å²) in [6, 6.07) is 11.5. The third-order valence-electron chi connectivity index (χ3n) is 3.52. The first-order valence-electron chi connectivity index (χ1n) is 7.06. The average molecular weight is 362 g/mol. The average Bonchev–Trinajstić information content (AvgIpc) is 2.96. The van der Waals surface area contributed by atoms with Gasteiger partial charge in [0.2, 0.25) is 12.7 Å². The largest absolute Gasteiger partial charge is 0.454 e. The van der Waals surface area contributed by atoms with Crippen molar-refractivity contribution in [2.45, 2.75) is 19.8 Å². The maximum absolute atomic E-state index is 12.0. The monoisotopic (exact) mass is 361 g/mol. The second-order valence-corrected chi connectivity index (χ2v) is 6.05. The van der Waals surface area contributed by atoms with Crippen molar-refractivity contribution in [3.63, 3.8) is 0 Å². The van der Waals surface area contributed by atoms with Gasteiger partial charge in [0.1, 0.15) is 0 Å². The number of carbonyl (C=O) groups excluding carboxylic acids is 1. The molecule has 0 unspecified atom stereocenters. The first-order valence-corrected chi connectivity index (χ1v) is 7.85. The predicted octanol–water partition coefficient (Wildman–Crippen LogP) is 4.06. The van der Waals surface area contributed by atoms with E-state index in [2.05, 4.69) is 21.2 Å². The fourth-order valence-corrected chi connectivity index (χ4v) is 2.55. The molecule has 1 N–H and O–H groups in total. The summed E-state index contributed by atoms with van der Waals surface area (Å²) in [4.78, 5) is 12.0. The molecule has 3 rings (SSSR count). The minimum absolute atomic E-state index is 0.000565. The third kappa shape index (κ3) is 3.42. The van der Waals surface area contributed by atoms with Gasteiger partial charge in [-0.25, -0.2) is 0 Å². The maximum atomic E-state index is 12.0. The van der Waals surface area contributed by atoms with Gasteiger partial charge < -0.3 is 14.8 Å². The number of benzene rings is 2. The summed E-state index contributed by atoms with van der Waals surface area (Å²) in [7, 11) is 0. The topological polar surface area (TPSA) is 47.6 Å². The van der Waals surface area contributed by atoms with E-state index in [9.17, 15) is 4.79 Å². The SMILES string of the molecule is Cc1cc(NC(=O)CCc2ccc3c(c2)OCO3)ccc1Br. The Bertz CT molecular complexity index is 715. The Hall–Kier alpha value is -2.01. The zero-order valence-corrected chi connectivity index (χ0v) is 13.8. The molecule has 0 fully saturated rings. The van der Waals surface area contributed by atoms with Crippen LogP contribution in [0.2, 0.25) is 0 Å². The molecule has 5 heteroatoms. The number of hydrogen-bond donors (Lipinski definition) is 1. The smallest absolute Gasteiger partial charge is 0.231 e. The van der Waals surface area contributed by atoms with E-state index in [0.29, 0.717) is 12.8 Å². The van der Waals surface area contributed by atoms with E-state index < -0.39 is 0 Å². The molecule has 0 bridgehead atoms. The summed E-state index contributed by atoms with van der Waals surface area (Å²) in [6.45, 7) is 2.26. The number of aryl methyl sites for hydroxylation is 2. The van der Waals surface area contributed by atoms with E-state index in [-0.39, 0.29) is 12.7 Å². The van der Waals surface area contributed by atoms with Gasteiger partial charge in [-0.15, -0.1) is 0 Å². The molecule has 0 atom stereocenters. The number of rotatable bonds is 4. The van der Waals surface area contributed by atoms with Crippen LogP contribution in [0.4, 0.5) is 5.69 Å². The molecule has 0 aliphatic carbocycles. The first-order chi connectivity index (χ1) is 10.6. The summed E-state index contributed by atoms with van der Waals surface area (Å²) in [5, 5.41) is 2.92. The van der Waals surface area contributed by atoms with Gasteiger partial charge in [-0.3, -0.25) is 4.79 Å². The molecule has 0 aromatic heterocycles. The zero-order chi connectivity index (χ0) is 15.5. The number of hydrogen-bond acceptors (Lipinski definition) is 3. The number of carbonyl (C=O) groups is 1. The molecule has 2 aromatic carbocycles. The maximum Gasteiger partial charge on any atom is 0.231 e. The second-order valence-electron chi connectivity index (χ2n) is 5.20. The van der Waals surface area contributed by atoms with Crippen LogP contribution < -0.4 is 14.8 Å². The molecule has 1 aliphatic rings. The molecule has 1 amide bonds. The Morgan fingerprint density at radius 3 is 2.82 bits per heavy atom. The minimum atomic E-state index is -0.000565. The predicted molar refractivity (Wildman–Crippen MR) is 88.4 cm³/mol. The lowest BCUT2D eigenvalue weighted by molar-refractivity contribution is -0.116. The molecule has 0 radical (unpaired) electrons.